The molecule has 0 aliphatic carbocycles. The van der Waals surface area contributed by atoms with E-state index < -0.39 is 5.97 Å². The minimum absolute atomic E-state index is 0.0377. The van der Waals surface area contributed by atoms with E-state index >= 15 is 0 Å². The van der Waals surface area contributed by atoms with Gasteiger partial charge < -0.3 is 19.8 Å². The monoisotopic (exact) mass is 508 g/mol. The van der Waals surface area contributed by atoms with Crippen molar-refractivity contribution >= 4 is 11.9 Å². The normalized spacial score (nSPS) is 18.4. The Hall–Kier alpha value is -3.45. The number of aliphatic hydroxyl groups is 1. The van der Waals surface area contributed by atoms with Gasteiger partial charge in [-0.05, 0) is 51.8 Å². The zero-order valence-corrected chi connectivity index (χ0v) is 22.1. The number of carboxylic acid groups (broad SMARTS) is 1. The molecule has 0 fully saturated rings. The Balaban J connectivity index is 1.86. The Bertz CT molecular complexity index is 1160. The number of hydrogen-bond acceptors (Lipinski definition) is 7. The standard InChI is InChI=1S/C28H36N4O5/c1-19-15-32(20(2)18-33)27(34)24-13-22(7-6-12-30(3)4)14-29-26(24)37-25(19)17-31(5)16-21-8-10-23(11-9-21)28(35)36/h8-11,13-14,19-20,25,33H,12,15-18H2,1-5H3,(H,35,36)/t19-,20-,25+/m1/s1. The van der Waals surface area contributed by atoms with E-state index in [0.29, 0.717) is 37.3 Å². The second kappa shape index (κ2) is 12.7. The van der Waals surface area contributed by atoms with Crippen LogP contribution in [-0.4, -0.2) is 101 Å². The quantitative estimate of drug-likeness (QED) is 0.522. The molecule has 2 aromatic rings. The first-order valence-electron chi connectivity index (χ1n) is 12.3. The van der Waals surface area contributed by atoms with Crippen molar-refractivity contribution in [2.24, 2.45) is 5.92 Å². The second-order valence-corrected chi connectivity index (χ2v) is 9.94. The lowest BCUT2D eigenvalue weighted by Gasteiger charge is -2.37. The molecule has 0 unspecified atom stereocenters. The molecular weight excluding hydrogens is 472 g/mol. The first-order valence-corrected chi connectivity index (χ1v) is 12.3. The van der Waals surface area contributed by atoms with Gasteiger partial charge in [-0.1, -0.05) is 30.9 Å². The van der Waals surface area contributed by atoms with Crippen molar-refractivity contribution < 1.29 is 24.5 Å². The maximum atomic E-state index is 13.5. The molecule has 2 heterocycles. The number of carboxylic acids is 1. The van der Waals surface area contributed by atoms with Gasteiger partial charge in [-0.15, -0.1) is 0 Å². The number of benzene rings is 1. The number of rotatable bonds is 8. The lowest BCUT2D eigenvalue weighted by molar-refractivity contribution is 0.0325. The molecule has 0 saturated carbocycles. The molecular formula is C28H36N4O5. The summed E-state index contributed by atoms with van der Waals surface area (Å²) in [6, 6.07) is 8.16. The van der Waals surface area contributed by atoms with Crippen LogP contribution in [0.5, 0.6) is 5.88 Å². The molecule has 0 saturated heterocycles. The summed E-state index contributed by atoms with van der Waals surface area (Å²) in [5.41, 5.74) is 2.19. The maximum Gasteiger partial charge on any atom is 0.335 e. The van der Waals surface area contributed by atoms with Crippen molar-refractivity contribution in [1.29, 1.82) is 0 Å². The van der Waals surface area contributed by atoms with Gasteiger partial charge in [0.25, 0.3) is 5.91 Å². The van der Waals surface area contributed by atoms with E-state index in [-0.39, 0.29) is 42.0 Å². The largest absolute Gasteiger partial charge is 0.478 e. The number of likely N-dealkylation sites (N-methyl/N-ethyl adjacent to an activating group) is 1. The van der Waals surface area contributed by atoms with Gasteiger partial charge in [-0.2, -0.15) is 0 Å². The Kier molecular flexibility index (Phi) is 9.64. The third-order valence-electron chi connectivity index (χ3n) is 6.29. The van der Waals surface area contributed by atoms with E-state index in [1.54, 1.807) is 41.4 Å². The van der Waals surface area contributed by atoms with Gasteiger partial charge in [-0.25, -0.2) is 9.78 Å². The number of fused-ring (bicyclic) bond motifs is 1. The number of nitrogens with zero attached hydrogens (tertiary/aromatic N) is 4. The average Bonchev–Trinajstić information content (AvgIpc) is 2.86. The topological polar surface area (TPSA) is 106 Å². The maximum absolute atomic E-state index is 13.5. The fourth-order valence-electron chi connectivity index (χ4n) is 4.12. The van der Waals surface area contributed by atoms with E-state index in [1.165, 1.54) is 0 Å². The van der Waals surface area contributed by atoms with Gasteiger partial charge >= 0.3 is 5.97 Å². The highest BCUT2D eigenvalue weighted by molar-refractivity contribution is 5.97. The number of pyridine rings is 1. The van der Waals surface area contributed by atoms with Gasteiger partial charge in [0.15, 0.2) is 0 Å². The Labute approximate surface area is 218 Å². The molecule has 1 aromatic heterocycles. The van der Waals surface area contributed by atoms with E-state index in [2.05, 4.69) is 21.7 Å². The minimum atomic E-state index is -0.953. The highest BCUT2D eigenvalue weighted by Crippen LogP contribution is 2.27. The lowest BCUT2D eigenvalue weighted by atomic mass is 9.99. The van der Waals surface area contributed by atoms with Gasteiger partial charge in [0.1, 0.15) is 11.7 Å². The minimum Gasteiger partial charge on any atom is -0.478 e. The fraction of sp³-hybridized carbons (Fsp3) is 0.464. The molecule has 2 N–H and O–H groups in total. The molecule has 3 atom stereocenters. The van der Waals surface area contributed by atoms with E-state index in [9.17, 15) is 14.7 Å². The third kappa shape index (κ3) is 7.52. The summed E-state index contributed by atoms with van der Waals surface area (Å²) in [6.45, 7) is 5.86. The van der Waals surface area contributed by atoms with Crippen molar-refractivity contribution in [2.75, 3.05) is 47.4 Å². The van der Waals surface area contributed by atoms with Gasteiger partial charge in [0.05, 0.1) is 24.8 Å². The van der Waals surface area contributed by atoms with Crippen molar-refractivity contribution in [3.8, 4) is 17.7 Å². The van der Waals surface area contributed by atoms with Crippen LogP contribution in [-0.2, 0) is 6.54 Å². The van der Waals surface area contributed by atoms with Crippen LogP contribution < -0.4 is 4.74 Å². The van der Waals surface area contributed by atoms with Crippen LogP contribution in [0.15, 0.2) is 36.5 Å². The first kappa shape index (κ1) is 28.1. The average molecular weight is 509 g/mol. The Morgan fingerprint density at radius 3 is 2.59 bits per heavy atom. The Morgan fingerprint density at radius 1 is 1.27 bits per heavy atom. The molecule has 1 aliphatic rings. The summed E-state index contributed by atoms with van der Waals surface area (Å²) >= 11 is 0. The molecule has 198 valence electrons. The van der Waals surface area contributed by atoms with Crippen LogP contribution in [0.3, 0.4) is 0 Å². The van der Waals surface area contributed by atoms with Gasteiger partial charge in [-0.3, -0.25) is 14.6 Å². The van der Waals surface area contributed by atoms with Crippen molar-refractivity contribution in [2.45, 2.75) is 32.5 Å². The molecule has 3 rings (SSSR count). The molecule has 1 aromatic carbocycles. The number of ether oxygens (including phenoxy) is 1. The highest BCUT2D eigenvalue weighted by atomic mass is 16.5. The molecule has 1 amide bonds. The van der Waals surface area contributed by atoms with Crippen LogP contribution in [0, 0.1) is 17.8 Å². The van der Waals surface area contributed by atoms with Crippen LogP contribution in [0.2, 0.25) is 0 Å². The Morgan fingerprint density at radius 2 is 1.97 bits per heavy atom. The zero-order valence-electron chi connectivity index (χ0n) is 22.1. The summed E-state index contributed by atoms with van der Waals surface area (Å²) in [5.74, 6) is 5.15. The molecule has 0 bridgehead atoms. The smallest absolute Gasteiger partial charge is 0.335 e. The number of aromatic nitrogens is 1. The third-order valence-corrected chi connectivity index (χ3v) is 6.29. The van der Waals surface area contributed by atoms with Crippen LogP contribution in [0.1, 0.15) is 45.7 Å². The van der Waals surface area contributed by atoms with Crippen molar-refractivity contribution in [3.05, 3.63) is 58.8 Å². The van der Waals surface area contributed by atoms with Crippen molar-refractivity contribution in [1.82, 2.24) is 19.7 Å². The summed E-state index contributed by atoms with van der Waals surface area (Å²) in [4.78, 5) is 34.8. The van der Waals surface area contributed by atoms with Crippen LogP contribution in [0.4, 0.5) is 0 Å². The molecule has 9 nitrogen and oxygen atoms in total. The summed E-state index contributed by atoms with van der Waals surface area (Å²) in [6.07, 6.45) is 1.34. The summed E-state index contributed by atoms with van der Waals surface area (Å²) in [7, 11) is 5.84. The summed E-state index contributed by atoms with van der Waals surface area (Å²) in [5, 5.41) is 19.0. The molecule has 0 spiro atoms. The predicted molar refractivity (Wildman–Crippen MR) is 141 cm³/mol. The second-order valence-electron chi connectivity index (χ2n) is 9.94. The van der Waals surface area contributed by atoms with Gasteiger partial charge in [0.2, 0.25) is 5.88 Å². The SMILES string of the molecule is C[C@@H]1CN([C@H](C)CO)C(=O)c2cc(C#CCN(C)C)cnc2O[C@H]1CN(C)Cc1ccc(C(=O)O)cc1. The van der Waals surface area contributed by atoms with E-state index in [0.717, 1.165) is 5.56 Å². The van der Waals surface area contributed by atoms with Gasteiger partial charge in [0, 0.05) is 37.3 Å². The predicted octanol–water partition coefficient (Wildman–Crippen LogP) is 2.04. The van der Waals surface area contributed by atoms with Crippen LogP contribution >= 0.6 is 0 Å². The number of carbonyl (C=O) groups excluding carboxylic acids is 1. The number of amides is 1. The van der Waals surface area contributed by atoms with E-state index in [4.69, 9.17) is 9.84 Å². The van der Waals surface area contributed by atoms with E-state index in [1.807, 2.05) is 39.9 Å². The molecule has 37 heavy (non-hydrogen) atoms. The number of aliphatic hydroxyl groups excluding tert-OH is 1. The number of carbonyl (C=O) groups is 2. The zero-order chi connectivity index (χ0) is 27.1. The summed E-state index contributed by atoms with van der Waals surface area (Å²) < 4.78 is 6.34. The molecule has 0 radical (unpaired) electrons. The fourth-order valence-corrected chi connectivity index (χ4v) is 4.12. The van der Waals surface area contributed by atoms with Crippen molar-refractivity contribution in [3.63, 3.8) is 0 Å². The van der Waals surface area contributed by atoms with Crippen LogP contribution in [0.25, 0.3) is 0 Å². The lowest BCUT2D eigenvalue weighted by Crippen LogP contribution is -2.49. The molecule has 9 heteroatoms. The number of hydrogen-bond donors (Lipinski definition) is 2. The molecule has 1 aliphatic heterocycles. The first-order chi connectivity index (χ1) is 17.6. The number of aromatic carboxylic acids is 1. The highest BCUT2D eigenvalue weighted by Gasteiger charge is 2.34.